The molecule has 1 aromatic rings. The Hall–Kier alpha value is -1.51. The van der Waals surface area contributed by atoms with Crippen molar-refractivity contribution in [3.8, 4) is 0 Å². The summed E-state index contributed by atoms with van der Waals surface area (Å²) < 4.78 is 1.90. The van der Waals surface area contributed by atoms with Crippen molar-refractivity contribution in [3.63, 3.8) is 0 Å². The molecule has 0 unspecified atom stereocenters. The number of rotatable bonds is 3. The van der Waals surface area contributed by atoms with Crippen molar-refractivity contribution in [2.24, 2.45) is 17.3 Å². The van der Waals surface area contributed by atoms with Gasteiger partial charge in [0.1, 0.15) is 0 Å². The summed E-state index contributed by atoms with van der Waals surface area (Å²) in [4.78, 5) is 26.0. The summed E-state index contributed by atoms with van der Waals surface area (Å²) in [6.07, 6.45) is 4.64. The van der Waals surface area contributed by atoms with Crippen molar-refractivity contribution < 1.29 is 14.8 Å². The van der Waals surface area contributed by atoms with E-state index in [9.17, 15) is 20.0 Å². The van der Waals surface area contributed by atoms with Crippen LogP contribution < -0.4 is 0 Å². The average molecular weight is 371 g/mol. The standard InChI is InChI=1S/C13H15BrN4O4/c14-10-15-11(18(21)22)16-17(10)13-4-7-1-8(5-13)3-12(2-7,6-13)9(19)20/h7-8H,1-6H2,(H,19,20)/t7-,8-,12?,13?/m1/s1. The van der Waals surface area contributed by atoms with E-state index in [2.05, 4.69) is 26.0 Å². The fourth-order valence-electron chi connectivity index (χ4n) is 5.37. The zero-order valence-corrected chi connectivity index (χ0v) is 13.3. The molecule has 1 N–H and O–H groups in total. The van der Waals surface area contributed by atoms with E-state index in [1.165, 1.54) is 0 Å². The van der Waals surface area contributed by atoms with E-state index in [0.717, 1.165) is 32.1 Å². The molecule has 4 saturated carbocycles. The van der Waals surface area contributed by atoms with Crippen molar-refractivity contribution in [3.05, 3.63) is 14.8 Å². The van der Waals surface area contributed by atoms with Crippen LogP contribution in [-0.4, -0.2) is 30.8 Å². The molecule has 8 nitrogen and oxygen atoms in total. The minimum Gasteiger partial charge on any atom is -0.481 e. The van der Waals surface area contributed by atoms with Gasteiger partial charge in [0.25, 0.3) is 4.73 Å². The molecule has 4 aliphatic carbocycles. The summed E-state index contributed by atoms with van der Waals surface area (Å²) in [6, 6.07) is 0. The largest absolute Gasteiger partial charge is 0.492 e. The number of carboxylic acids is 1. The van der Waals surface area contributed by atoms with Crippen LogP contribution in [0.1, 0.15) is 38.5 Å². The molecule has 1 aromatic heterocycles. The molecule has 9 heteroatoms. The molecule has 0 amide bonds. The summed E-state index contributed by atoms with van der Waals surface area (Å²) in [7, 11) is 0. The first-order valence-corrected chi connectivity index (χ1v) is 8.14. The van der Waals surface area contributed by atoms with Crippen molar-refractivity contribution in [2.45, 2.75) is 44.1 Å². The molecule has 118 valence electrons. The average Bonchev–Trinajstić information content (AvgIpc) is 2.80. The van der Waals surface area contributed by atoms with Crippen molar-refractivity contribution in [1.82, 2.24) is 14.8 Å². The summed E-state index contributed by atoms with van der Waals surface area (Å²) in [5.41, 5.74) is -1.16. The van der Waals surface area contributed by atoms with Gasteiger partial charge in [-0.25, -0.2) is 0 Å². The molecule has 4 fully saturated rings. The minimum atomic E-state index is -0.739. The van der Waals surface area contributed by atoms with Gasteiger partial charge in [0.2, 0.25) is 0 Å². The van der Waals surface area contributed by atoms with Gasteiger partial charge in [-0.05, 0) is 60.3 Å². The van der Waals surface area contributed by atoms with Gasteiger partial charge in [-0.1, -0.05) is 0 Å². The van der Waals surface area contributed by atoms with Gasteiger partial charge in [0.15, 0.2) is 0 Å². The van der Waals surface area contributed by atoms with E-state index in [1.807, 2.05) is 0 Å². The SMILES string of the molecule is O=C(O)C12C[C@H]3C[C@H](C1)CC(n1nc([N+](=O)[O-])nc1Br)(C3)C2. The van der Waals surface area contributed by atoms with E-state index in [0.29, 0.717) is 23.0 Å². The summed E-state index contributed by atoms with van der Waals surface area (Å²) >= 11 is 3.27. The Morgan fingerprint density at radius 2 is 2.00 bits per heavy atom. The number of carboxylic acid groups (broad SMARTS) is 1. The van der Waals surface area contributed by atoms with Gasteiger partial charge < -0.3 is 15.2 Å². The van der Waals surface area contributed by atoms with Crippen LogP contribution in [0.25, 0.3) is 0 Å². The zero-order chi connectivity index (χ0) is 15.7. The highest BCUT2D eigenvalue weighted by Gasteiger charge is 2.63. The van der Waals surface area contributed by atoms with Crippen LogP contribution >= 0.6 is 15.9 Å². The van der Waals surface area contributed by atoms with Gasteiger partial charge in [-0.15, -0.1) is 0 Å². The van der Waals surface area contributed by atoms with Crippen LogP contribution in [0.3, 0.4) is 0 Å². The lowest BCUT2D eigenvalue weighted by Crippen LogP contribution is -2.59. The number of nitrogens with zero attached hydrogens (tertiary/aromatic N) is 4. The van der Waals surface area contributed by atoms with Gasteiger partial charge in [0, 0.05) is 21.0 Å². The van der Waals surface area contributed by atoms with Crippen LogP contribution in [0.5, 0.6) is 0 Å². The molecule has 2 atom stereocenters. The smallest absolute Gasteiger partial charge is 0.481 e. The summed E-state index contributed by atoms with van der Waals surface area (Å²) in [5, 5.41) is 24.7. The highest BCUT2D eigenvalue weighted by molar-refractivity contribution is 9.10. The van der Waals surface area contributed by atoms with Crippen LogP contribution in [0.2, 0.25) is 0 Å². The molecular formula is C13H15BrN4O4. The number of hydrogen-bond donors (Lipinski definition) is 1. The normalized spacial score (nSPS) is 39.1. The van der Waals surface area contributed by atoms with Gasteiger partial charge in [0.05, 0.1) is 11.0 Å². The van der Waals surface area contributed by atoms with Crippen LogP contribution in [-0.2, 0) is 10.3 Å². The number of aromatic nitrogens is 3. The monoisotopic (exact) mass is 370 g/mol. The molecular weight excluding hydrogens is 356 g/mol. The second kappa shape index (κ2) is 4.27. The summed E-state index contributed by atoms with van der Waals surface area (Å²) in [5.74, 6) is -0.469. The van der Waals surface area contributed by atoms with E-state index in [4.69, 9.17) is 0 Å². The Kier molecular flexibility index (Phi) is 2.74. The van der Waals surface area contributed by atoms with Gasteiger partial charge >= 0.3 is 11.9 Å². The molecule has 4 aliphatic rings. The lowest BCUT2D eigenvalue weighted by molar-refractivity contribution is -0.394. The van der Waals surface area contributed by atoms with Gasteiger partial charge in [-0.3, -0.25) is 4.79 Å². The Morgan fingerprint density at radius 3 is 2.50 bits per heavy atom. The maximum atomic E-state index is 11.9. The number of nitro groups is 1. The number of carbonyl (C=O) groups is 1. The second-order valence-corrected chi connectivity index (χ2v) is 7.83. The van der Waals surface area contributed by atoms with E-state index in [1.54, 1.807) is 4.68 Å². The van der Waals surface area contributed by atoms with Crippen molar-refractivity contribution >= 4 is 27.8 Å². The second-order valence-electron chi connectivity index (χ2n) is 7.12. The molecule has 0 aromatic carbocycles. The fraction of sp³-hybridized carbons (Fsp3) is 0.769. The Bertz CT molecular complexity index is 674. The molecule has 0 aliphatic heterocycles. The fourth-order valence-corrected chi connectivity index (χ4v) is 5.99. The lowest BCUT2D eigenvalue weighted by Gasteiger charge is -2.59. The maximum absolute atomic E-state index is 11.9. The zero-order valence-electron chi connectivity index (χ0n) is 11.7. The van der Waals surface area contributed by atoms with Gasteiger partial charge in [-0.2, -0.15) is 4.68 Å². The minimum absolute atomic E-state index is 0.321. The molecule has 5 rings (SSSR count). The quantitative estimate of drug-likeness (QED) is 0.645. The first-order valence-electron chi connectivity index (χ1n) is 7.34. The van der Waals surface area contributed by atoms with Crippen molar-refractivity contribution in [1.29, 1.82) is 0 Å². The Morgan fingerprint density at radius 1 is 1.36 bits per heavy atom. The topological polar surface area (TPSA) is 111 Å². The predicted octanol–water partition coefficient (Wildman–Crippen LogP) is 2.33. The molecule has 0 spiro atoms. The first kappa shape index (κ1) is 14.1. The number of halogens is 1. The van der Waals surface area contributed by atoms with E-state index >= 15 is 0 Å². The molecule has 1 heterocycles. The highest BCUT2D eigenvalue weighted by Crippen LogP contribution is 2.64. The Balaban J connectivity index is 1.81. The third-order valence-electron chi connectivity index (χ3n) is 5.65. The van der Waals surface area contributed by atoms with Crippen molar-refractivity contribution in [2.75, 3.05) is 0 Å². The first-order chi connectivity index (χ1) is 10.3. The predicted molar refractivity (Wildman–Crippen MR) is 77.1 cm³/mol. The van der Waals surface area contributed by atoms with Crippen LogP contribution in [0.15, 0.2) is 4.73 Å². The highest BCUT2D eigenvalue weighted by atomic mass is 79.9. The molecule has 0 saturated heterocycles. The van der Waals surface area contributed by atoms with E-state index in [-0.39, 0.29) is 0 Å². The van der Waals surface area contributed by atoms with Crippen LogP contribution in [0, 0.1) is 27.4 Å². The van der Waals surface area contributed by atoms with Crippen LogP contribution in [0.4, 0.5) is 5.95 Å². The third-order valence-corrected chi connectivity index (χ3v) is 6.17. The number of aliphatic carboxylic acids is 1. The number of hydrogen-bond acceptors (Lipinski definition) is 5. The molecule has 4 bridgehead atoms. The van der Waals surface area contributed by atoms with E-state index < -0.39 is 27.8 Å². The maximum Gasteiger partial charge on any atom is 0.492 e. The Labute approximate surface area is 134 Å². The molecule has 0 radical (unpaired) electrons. The lowest BCUT2D eigenvalue weighted by atomic mass is 9.47. The summed E-state index contributed by atoms with van der Waals surface area (Å²) in [6.45, 7) is 0. The third kappa shape index (κ3) is 1.77. The molecule has 22 heavy (non-hydrogen) atoms.